The van der Waals surface area contributed by atoms with Crippen molar-refractivity contribution in [3.05, 3.63) is 59.3 Å². The molecule has 34 heavy (non-hydrogen) atoms. The molecule has 0 aliphatic rings. The first-order chi connectivity index (χ1) is 17.9. The predicted octanol–water partition coefficient (Wildman–Crippen LogP) is 5.63. The molecule has 178 valence electrons. The summed E-state index contributed by atoms with van der Waals surface area (Å²) in [6.07, 6.45) is -6.87. The van der Waals surface area contributed by atoms with Gasteiger partial charge in [0.1, 0.15) is 11.5 Å². The Morgan fingerprint density at radius 2 is 1.91 bits per heavy atom. The molecule has 1 N–H and O–H groups in total. The standard InChI is InChI=1S/C22H18ClF4N5O2/c1-21(2,33)7-10-32-19(22(25,26)27)12(11-30-32)18-16(20-28-8-4-9-29-20)17(31-34-18)15-13(23)5-3-6-14(15)24/h3-6,8-9,11,33H,7,10H2,1-2H3/i4D,8D,9D,10D2. The van der Waals surface area contributed by atoms with Gasteiger partial charge in [-0.05, 0) is 38.4 Å². The van der Waals surface area contributed by atoms with Crippen LogP contribution in [0.3, 0.4) is 0 Å². The number of rotatable bonds is 6. The molecular formula is C22H18ClF4N5O2. The van der Waals surface area contributed by atoms with Crippen molar-refractivity contribution < 1.29 is 34.0 Å². The molecule has 0 fully saturated rings. The van der Waals surface area contributed by atoms with Crippen molar-refractivity contribution in [3.8, 4) is 34.0 Å². The van der Waals surface area contributed by atoms with E-state index in [0.29, 0.717) is 6.20 Å². The minimum Gasteiger partial charge on any atom is -0.390 e. The van der Waals surface area contributed by atoms with Gasteiger partial charge >= 0.3 is 6.18 Å². The van der Waals surface area contributed by atoms with Crippen LogP contribution in [0.25, 0.3) is 34.0 Å². The van der Waals surface area contributed by atoms with Crippen LogP contribution < -0.4 is 0 Å². The molecule has 0 saturated heterocycles. The molecule has 4 rings (SSSR count). The van der Waals surface area contributed by atoms with Crippen LogP contribution in [-0.4, -0.2) is 35.6 Å². The third-order valence-electron chi connectivity index (χ3n) is 4.49. The van der Waals surface area contributed by atoms with Crippen molar-refractivity contribution in [1.82, 2.24) is 24.9 Å². The van der Waals surface area contributed by atoms with Gasteiger partial charge in [0, 0.05) is 18.8 Å². The molecule has 0 spiro atoms. The summed E-state index contributed by atoms with van der Waals surface area (Å²) < 4.78 is 103. The molecule has 0 amide bonds. The van der Waals surface area contributed by atoms with E-state index in [1.807, 2.05) is 0 Å². The van der Waals surface area contributed by atoms with Crippen LogP contribution in [0, 0.1) is 5.82 Å². The van der Waals surface area contributed by atoms with Gasteiger partial charge in [0.25, 0.3) is 0 Å². The molecule has 0 aliphatic heterocycles. The predicted molar refractivity (Wildman–Crippen MR) is 115 cm³/mol. The Labute approximate surface area is 203 Å². The Hall–Kier alpha value is -3.31. The van der Waals surface area contributed by atoms with E-state index >= 15 is 0 Å². The minimum absolute atomic E-state index is 0.0436. The Balaban J connectivity index is 2.08. The van der Waals surface area contributed by atoms with E-state index in [1.165, 1.54) is 26.0 Å². The fourth-order valence-corrected chi connectivity index (χ4v) is 3.33. The van der Waals surface area contributed by atoms with Crippen molar-refractivity contribution in [1.29, 1.82) is 0 Å². The lowest BCUT2D eigenvalue weighted by Crippen LogP contribution is -2.24. The molecule has 0 atom stereocenters. The summed E-state index contributed by atoms with van der Waals surface area (Å²) in [5, 5.41) is 17.2. The summed E-state index contributed by atoms with van der Waals surface area (Å²) in [6, 6.07) is 2.88. The highest BCUT2D eigenvalue weighted by Gasteiger charge is 2.41. The first kappa shape index (κ1) is 18.1. The molecule has 3 heterocycles. The fourth-order valence-electron chi connectivity index (χ4n) is 3.08. The van der Waals surface area contributed by atoms with Crippen LogP contribution in [0.5, 0.6) is 0 Å². The van der Waals surface area contributed by atoms with Crippen LogP contribution in [0.2, 0.25) is 5.02 Å². The Morgan fingerprint density at radius 1 is 1.21 bits per heavy atom. The summed E-state index contributed by atoms with van der Waals surface area (Å²) in [5.74, 6) is -2.27. The van der Waals surface area contributed by atoms with Gasteiger partial charge in [-0.2, -0.15) is 18.3 Å². The second-order valence-electron chi connectivity index (χ2n) is 7.69. The van der Waals surface area contributed by atoms with Crippen LogP contribution in [0.1, 0.15) is 32.8 Å². The lowest BCUT2D eigenvalue weighted by atomic mass is 10.0. The molecule has 4 aromatic rings. The maximum Gasteiger partial charge on any atom is 0.433 e. The third-order valence-corrected chi connectivity index (χ3v) is 4.81. The summed E-state index contributed by atoms with van der Waals surface area (Å²) in [5.41, 5.74) is -5.57. The van der Waals surface area contributed by atoms with Gasteiger partial charge in [-0.15, -0.1) is 0 Å². The van der Waals surface area contributed by atoms with E-state index < -0.39 is 88.6 Å². The number of aryl methyl sites for hydroxylation is 1. The average molecular weight is 501 g/mol. The first-order valence-corrected chi connectivity index (χ1v) is 9.95. The lowest BCUT2D eigenvalue weighted by Gasteiger charge is -2.18. The van der Waals surface area contributed by atoms with Crippen molar-refractivity contribution >= 4 is 11.6 Å². The second-order valence-corrected chi connectivity index (χ2v) is 8.10. The van der Waals surface area contributed by atoms with E-state index in [4.69, 9.17) is 23.0 Å². The summed E-state index contributed by atoms with van der Waals surface area (Å²) in [7, 11) is 0. The number of hydrogen-bond donors (Lipinski definition) is 1. The van der Waals surface area contributed by atoms with Gasteiger partial charge < -0.3 is 9.63 Å². The average Bonchev–Trinajstić information content (AvgIpc) is 3.40. The Kier molecular flexibility index (Phi) is 4.68. The highest BCUT2D eigenvalue weighted by atomic mass is 35.5. The number of hydrogen-bond acceptors (Lipinski definition) is 6. The van der Waals surface area contributed by atoms with E-state index in [2.05, 4.69) is 20.2 Å². The maximum atomic E-state index is 14.9. The number of nitrogens with zero attached hydrogens (tertiary/aromatic N) is 5. The maximum absolute atomic E-state index is 14.9. The van der Waals surface area contributed by atoms with Gasteiger partial charge in [0.2, 0.25) is 0 Å². The minimum atomic E-state index is -5.23. The monoisotopic (exact) mass is 500 g/mol. The van der Waals surface area contributed by atoms with E-state index in [9.17, 15) is 22.7 Å². The number of alkyl halides is 3. The lowest BCUT2D eigenvalue weighted by molar-refractivity contribution is -0.144. The van der Waals surface area contributed by atoms with Gasteiger partial charge in [-0.3, -0.25) is 4.68 Å². The zero-order chi connectivity index (χ0) is 29.1. The normalized spacial score (nSPS) is 14.9. The number of halogens is 5. The van der Waals surface area contributed by atoms with Crippen molar-refractivity contribution in [3.63, 3.8) is 0 Å². The SMILES string of the molecule is [2H]c1nc(-c2c(-c3c(F)cccc3Cl)noc2-c2cnn(C([2H])([2H])CC(C)(C)O)c2C(F)(F)F)nc([2H])c1[2H]. The molecule has 7 nitrogen and oxygen atoms in total. The fraction of sp³-hybridized carbons (Fsp3) is 0.273. The van der Waals surface area contributed by atoms with E-state index in [1.54, 1.807) is 0 Å². The first-order valence-electron chi connectivity index (χ1n) is 12.1. The van der Waals surface area contributed by atoms with Crippen LogP contribution >= 0.6 is 11.6 Å². The summed E-state index contributed by atoms with van der Waals surface area (Å²) in [6.45, 7) is -0.414. The summed E-state index contributed by atoms with van der Waals surface area (Å²) >= 11 is 6.16. The quantitative estimate of drug-likeness (QED) is 0.345. The zero-order valence-electron chi connectivity index (χ0n) is 22.5. The van der Waals surface area contributed by atoms with Crippen molar-refractivity contribution in [2.45, 2.75) is 38.5 Å². The highest BCUT2D eigenvalue weighted by Crippen LogP contribution is 2.45. The molecule has 0 radical (unpaired) electrons. The Bertz CT molecular complexity index is 1530. The molecule has 0 unspecified atom stereocenters. The van der Waals surface area contributed by atoms with Crippen molar-refractivity contribution in [2.75, 3.05) is 0 Å². The highest BCUT2D eigenvalue weighted by molar-refractivity contribution is 6.33. The van der Waals surface area contributed by atoms with Gasteiger partial charge in [0.05, 0.1) is 40.4 Å². The smallest absolute Gasteiger partial charge is 0.390 e. The molecule has 3 aromatic heterocycles. The Morgan fingerprint density at radius 3 is 2.53 bits per heavy atom. The van der Waals surface area contributed by atoms with E-state index in [-0.39, 0.29) is 9.70 Å². The van der Waals surface area contributed by atoms with Gasteiger partial charge in [0.15, 0.2) is 17.3 Å². The largest absolute Gasteiger partial charge is 0.433 e. The summed E-state index contributed by atoms with van der Waals surface area (Å²) in [4.78, 5) is 7.54. The number of aliphatic hydroxyl groups is 1. The van der Waals surface area contributed by atoms with Crippen LogP contribution in [0.4, 0.5) is 17.6 Å². The topological polar surface area (TPSA) is 89.9 Å². The molecule has 0 saturated carbocycles. The third kappa shape index (κ3) is 4.66. The number of benzene rings is 1. The second kappa shape index (κ2) is 8.80. The molecule has 12 heteroatoms. The van der Waals surface area contributed by atoms with Crippen LogP contribution in [0.15, 0.2) is 47.3 Å². The number of aromatic nitrogens is 5. The molecule has 0 aliphatic carbocycles. The van der Waals surface area contributed by atoms with Crippen molar-refractivity contribution in [2.24, 2.45) is 0 Å². The molecule has 1 aromatic carbocycles. The zero-order valence-corrected chi connectivity index (χ0v) is 18.3. The van der Waals surface area contributed by atoms with Gasteiger partial charge in [-0.1, -0.05) is 22.8 Å². The molecular weight excluding hydrogens is 478 g/mol. The van der Waals surface area contributed by atoms with Gasteiger partial charge in [-0.25, -0.2) is 14.4 Å². The van der Waals surface area contributed by atoms with Crippen LogP contribution in [-0.2, 0) is 12.7 Å². The molecule has 0 bridgehead atoms. The van der Waals surface area contributed by atoms with E-state index in [0.717, 1.165) is 6.07 Å².